The van der Waals surface area contributed by atoms with Gasteiger partial charge in [-0.25, -0.2) is 0 Å². The monoisotopic (exact) mass is 222 g/mol. The third kappa shape index (κ3) is 2.67. The van der Waals surface area contributed by atoms with E-state index in [9.17, 15) is 0 Å². The average molecular weight is 222 g/mol. The van der Waals surface area contributed by atoms with E-state index in [4.69, 9.17) is 4.42 Å². The van der Waals surface area contributed by atoms with E-state index in [0.717, 1.165) is 18.7 Å². The van der Waals surface area contributed by atoms with E-state index in [1.807, 2.05) is 23.8 Å². The lowest BCUT2D eigenvalue weighted by Gasteiger charge is -2.13. The highest BCUT2D eigenvalue weighted by atomic mass is 32.1. The van der Waals surface area contributed by atoms with Crippen molar-refractivity contribution in [3.05, 3.63) is 40.7 Å². The second-order valence-electron chi connectivity index (χ2n) is 3.30. The molecule has 2 heterocycles. The Morgan fingerprint density at radius 1 is 1.60 bits per heavy atom. The maximum Gasteiger partial charge on any atom is 0.121 e. The van der Waals surface area contributed by atoms with Crippen LogP contribution in [0.2, 0.25) is 0 Å². The second-order valence-corrected chi connectivity index (χ2v) is 4.27. The first-order valence-corrected chi connectivity index (χ1v) is 5.92. The zero-order chi connectivity index (χ0) is 10.5. The summed E-state index contributed by atoms with van der Waals surface area (Å²) in [6.45, 7) is 3.03. The van der Waals surface area contributed by atoms with Crippen molar-refractivity contribution in [2.45, 2.75) is 19.4 Å². The van der Waals surface area contributed by atoms with Crippen LogP contribution in [0.3, 0.4) is 0 Å². The number of likely N-dealkylation sites (N-methyl/N-ethyl adjacent to an activating group) is 1. The molecule has 1 N–H and O–H groups in total. The molecule has 0 saturated heterocycles. The molecule has 0 bridgehead atoms. The van der Waals surface area contributed by atoms with Crippen LogP contribution in [-0.2, 0) is 6.42 Å². The first-order valence-electron chi connectivity index (χ1n) is 5.04. The minimum Gasteiger partial charge on any atom is -0.468 e. The zero-order valence-electron chi connectivity index (χ0n) is 8.64. The molecule has 2 aromatic rings. The van der Waals surface area contributed by atoms with Crippen molar-refractivity contribution < 1.29 is 4.42 Å². The Kier molecular flexibility index (Phi) is 3.53. The van der Waals surface area contributed by atoms with E-state index in [1.54, 1.807) is 17.6 Å². The lowest BCUT2D eigenvalue weighted by Crippen LogP contribution is -2.22. The highest BCUT2D eigenvalue weighted by Crippen LogP contribution is 2.20. The number of thiazole rings is 1. The van der Waals surface area contributed by atoms with Crippen LogP contribution < -0.4 is 5.32 Å². The topological polar surface area (TPSA) is 38.1 Å². The summed E-state index contributed by atoms with van der Waals surface area (Å²) in [5, 5.41) is 3.41. The molecular weight excluding hydrogens is 208 g/mol. The molecule has 2 aromatic heterocycles. The highest BCUT2D eigenvalue weighted by molar-refractivity contribution is 7.09. The van der Waals surface area contributed by atoms with Gasteiger partial charge in [0.1, 0.15) is 5.76 Å². The van der Waals surface area contributed by atoms with Gasteiger partial charge in [0.15, 0.2) is 0 Å². The van der Waals surface area contributed by atoms with Gasteiger partial charge in [-0.2, -0.15) is 0 Å². The molecule has 0 aliphatic carbocycles. The van der Waals surface area contributed by atoms with Gasteiger partial charge in [-0.05, 0) is 18.7 Å². The third-order valence-corrected chi connectivity index (χ3v) is 3.03. The Balaban J connectivity index is 2.07. The van der Waals surface area contributed by atoms with E-state index < -0.39 is 0 Å². The smallest absolute Gasteiger partial charge is 0.121 e. The molecule has 3 nitrogen and oxygen atoms in total. The standard InChI is InChI=1S/C11H14N2OS/c1-2-13-10(11-4-3-5-14-11)6-9-7-12-8-15-9/h3-5,7-8,10,13H,2,6H2,1H3. The predicted molar refractivity (Wildman–Crippen MR) is 60.9 cm³/mol. The molecule has 0 fully saturated rings. The maximum absolute atomic E-state index is 5.42. The number of rotatable bonds is 5. The van der Waals surface area contributed by atoms with Gasteiger partial charge in [-0.1, -0.05) is 6.92 Å². The first kappa shape index (κ1) is 10.4. The molecule has 4 heteroatoms. The molecule has 0 spiro atoms. The molecule has 0 amide bonds. The van der Waals surface area contributed by atoms with E-state index in [0.29, 0.717) is 0 Å². The van der Waals surface area contributed by atoms with Gasteiger partial charge >= 0.3 is 0 Å². The van der Waals surface area contributed by atoms with Crippen molar-refractivity contribution in [3.8, 4) is 0 Å². The summed E-state index contributed by atoms with van der Waals surface area (Å²) in [7, 11) is 0. The Hall–Kier alpha value is -1.13. The molecular formula is C11H14N2OS. The molecule has 0 aliphatic heterocycles. The van der Waals surface area contributed by atoms with E-state index in [2.05, 4.69) is 17.2 Å². The number of nitrogens with one attached hydrogen (secondary N) is 1. The molecule has 2 rings (SSSR count). The molecule has 15 heavy (non-hydrogen) atoms. The van der Waals surface area contributed by atoms with E-state index in [1.165, 1.54) is 4.88 Å². The largest absolute Gasteiger partial charge is 0.468 e. The summed E-state index contributed by atoms with van der Waals surface area (Å²) in [4.78, 5) is 5.35. The van der Waals surface area contributed by atoms with Crippen molar-refractivity contribution >= 4 is 11.3 Å². The molecule has 80 valence electrons. The second kappa shape index (κ2) is 5.09. The van der Waals surface area contributed by atoms with Crippen molar-refractivity contribution in [1.82, 2.24) is 10.3 Å². The van der Waals surface area contributed by atoms with Crippen LogP contribution in [-0.4, -0.2) is 11.5 Å². The average Bonchev–Trinajstić information content (AvgIpc) is 2.89. The van der Waals surface area contributed by atoms with Crippen LogP contribution in [0.25, 0.3) is 0 Å². The molecule has 0 aromatic carbocycles. The minimum atomic E-state index is 0.255. The van der Waals surface area contributed by atoms with Crippen molar-refractivity contribution in [3.63, 3.8) is 0 Å². The van der Waals surface area contributed by atoms with Gasteiger partial charge < -0.3 is 9.73 Å². The predicted octanol–water partition coefficient (Wildman–Crippen LogP) is 2.63. The molecule has 1 unspecified atom stereocenters. The lowest BCUT2D eigenvalue weighted by atomic mass is 10.1. The van der Waals surface area contributed by atoms with E-state index in [-0.39, 0.29) is 6.04 Å². The quantitative estimate of drug-likeness (QED) is 0.845. The number of hydrogen-bond donors (Lipinski definition) is 1. The molecule has 1 atom stereocenters. The number of nitrogens with zero attached hydrogens (tertiary/aromatic N) is 1. The first-order chi connectivity index (χ1) is 7.40. The molecule has 0 radical (unpaired) electrons. The SMILES string of the molecule is CCNC(Cc1cncs1)c1ccco1. The normalized spacial score (nSPS) is 12.9. The number of aromatic nitrogens is 1. The van der Waals surface area contributed by atoms with Crippen LogP contribution in [0.15, 0.2) is 34.5 Å². The van der Waals surface area contributed by atoms with Gasteiger partial charge in [0.2, 0.25) is 0 Å². The highest BCUT2D eigenvalue weighted by Gasteiger charge is 2.14. The molecule has 0 saturated carbocycles. The maximum atomic E-state index is 5.42. The summed E-state index contributed by atoms with van der Waals surface area (Å²) in [5.74, 6) is 0.991. The van der Waals surface area contributed by atoms with Crippen LogP contribution in [0, 0.1) is 0 Å². The van der Waals surface area contributed by atoms with Gasteiger partial charge in [-0.3, -0.25) is 4.98 Å². The minimum absolute atomic E-state index is 0.255. The van der Waals surface area contributed by atoms with Gasteiger partial charge in [0, 0.05) is 17.5 Å². The fraction of sp³-hybridized carbons (Fsp3) is 0.364. The van der Waals surface area contributed by atoms with Gasteiger partial charge in [0.05, 0.1) is 17.8 Å². The van der Waals surface area contributed by atoms with Crippen molar-refractivity contribution in [2.24, 2.45) is 0 Å². The summed E-state index contributed by atoms with van der Waals surface area (Å²) in [6.07, 6.45) is 4.57. The number of hydrogen-bond acceptors (Lipinski definition) is 4. The number of furan rings is 1. The Morgan fingerprint density at radius 3 is 3.13 bits per heavy atom. The molecule has 0 aliphatic rings. The third-order valence-electron chi connectivity index (χ3n) is 2.23. The summed E-state index contributed by atoms with van der Waals surface area (Å²) in [5.41, 5.74) is 1.86. The van der Waals surface area contributed by atoms with Crippen molar-refractivity contribution in [2.75, 3.05) is 6.54 Å². The summed E-state index contributed by atoms with van der Waals surface area (Å²) < 4.78 is 5.42. The van der Waals surface area contributed by atoms with Crippen LogP contribution in [0.4, 0.5) is 0 Å². The summed E-state index contributed by atoms with van der Waals surface area (Å²) in [6, 6.07) is 4.19. The fourth-order valence-electron chi connectivity index (χ4n) is 1.55. The van der Waals surface area contributed by atoms with Crippen LogP contribution in [0.5, 0.6) is 0 Å². The van der Waals surface area contributed by atoms with Crippen LogP contribution in [0.1, 0.15) is 23.6 Å². The Labute approximate surface area is 93.2 Å². The van der Waals surface area contributed by atoms with Crippen molar-refractivity contribution in [1.29, 1.82) is 0 Å². The van der Waals surface area contributed by atoms with Crippen LogP contribution >= 0.6 is 11.3 Å². The lowest BCUT2D eigenvalue weighted by molar-refractivity contribution is 0.417. The fourth-order valence-corrected chi connectivity index (χ4v) is 2.20. The Bertz CT molecular complexity index is 369. The Morgan fingerprint density at radius 2 is 2.53 bits per heavy atom. The zero-order valence-corrected chi connectivity index (χ0v) is 9.46. The van der Waals surface area contributed by atoms with Gasteiger partial charge in [-0.15, -0.1) is 11.3 Å². The van der Waals surface area contributed by atoms with E-state index >= 15 is 0 Å². The summed E-state index contributed by atoms with van der Waals surface area (Å²) >= 11 is 1.68. The van der Waals surface area contributed by atoms with Gasteiger partial charge in [0.25, 0.3) is 0 Å².